The first-order valence-electron chi connectivity index (χ1n) is 7.70. The zero-order valence-corrected chi connectivity index (χ0v) is 11.6. The molecule has 2 fully saturated rings. The Bertz CT molecular complexity index is 646. The molecular weight excluding hydrogens is 246 g/mol. The van der Waals surface area contributed by atoms with Crippen molar-refractivity contribution in [3.8, 4) is 0 Å². The molecule has 1 heterocycles. The molecule has 102 valence electrons. The van der Waals surface area contributed by atoms with Crippen LogP contribution in [0, 0.1) is 17.8 Å². The molecule has 1 aromatic heterocycles. The number of nitrogens with zero attached hydrogens (tertiary/aromatic N) is 1. The fraction of sp³-hybridized carbons (Fsp3) is 0.444. The molecule has 0 radical (unpaired) electrons. The number of ketones is 1. The van der Waals surface area contributed by atoms with Crippen LogP contribution >= 0.6 is 0 Å². The molecule has 4 rings (SSSR count). The van der Waals surface area contributed by atoms with Crippen LogP contribution in [-0.2, 0) is 11.2 Å². The molecule has 0 spiro atoms. The minimum absolute atomic E-state index is 0.365. The Morgan fingerprint density at radius 2 is 1.85 bits per heavy atom. The van der Waals surface area contributed by atoms with Crippen LogP contribution in [0.3, 0.4) is 0 Å². The number of fused-ring (bicyclic) bond motifs is 2. The number of para-hydroxylation sites is 1. The molecule has 2 aliphatic rings. The fourth-order valence-corrected chi connectivity index (χ4v) is 4.08. The van der Waals surface area contributed by atoms with E-state index in [1.807, 2.05) is 30.5 Å². The van der Waals surface area contributed by atoms with E-state index in [1.165, 1.54) is 25.7 Å². The Labute approximate surface area is 119 Å². The molecule has 1 aromatic carbocycles. The zero-order chi connectivity index (χ0) is 13.5. The number of hydrogen-bond acceptors (Lipinski definition) is 2. The van der Waals surface area contributed by atoms with Gasteiger partial charge in [0.05, 0.1) is 5.52 Å². The minimum atomic E-state index is 0.365. The predicted octanol–water partition coefficient (Wildman–Crippen LogP) is 3.78. The van der Waals surface area contributed by atoms with Crippen molar-refractivity contribution in [1.82, 2.24) is 4.98 Å². The van der Waals surface area contributed by atoms with Gasteiger partial charge in [0, 0.05) is 23.9 Å². The van der Waals surface area contributed by atoms with E-state index >= 15 is 0 Å². The maximum atomic E-state index is 12.6. The molecule has 2 saturated carbocycles. The number of hydrogen-bond donors (Lipinski definition) is 0. The Morgan fingerprint density at radius 3 is 2.65 bits per heavy atom. The van der Waals surface area contributed by atoms with Gasteiger partial charge in [-0.05, 0) is 42.4 Å². The minimum Gasteiger partial charge on any atom is -0.299 e. The van der Waals surface area contributed by atoms with Crippen molar-refractivity contribution in [3.05, 3.63) is 42.1 Å². The number of benzene rings is 1. The third-order valence-corrected chi connectivity index (χ3v) is 5.13. The molecule has 2 aromatic rings. The predicted molar refractivity (Wildman–Crippen MR) is 79.4 cm³/mol. The van der Waals surface area contributed by atoms with Gasteiger partial charge in [-0.3, -0.25) is 9.78 Å². The van der Waals surface area contributed by atoms with Crippen molar-refractivity contribution in [2.45, 2.75) is 32.1 Å². The summed E-state index contributed by atoms with van der Waals surface area (Å²) in [4.78, 5) is 16.9. The standard InChI is InChI=1S/C18H19NO/c20-17(18-14-6-1-2-7-15(14)18)11-12-9-10-19-16-8-4-3-5-13(12)16/h3-5,8-10,14-15,18H,1-2,6-7,11H2. The van der Waals surface area contributed by atoms with Crippen molar-refractivity contribution in [1.29, 1.82) is 0 Å². The first kappa shape index (κ1) is 12.1. The third kappa shape index (κ3) is 1.94. The van der Waals surface area contributed by atoms with Crippen LogP contribution in [-0.4, -0.2) is 10.8 Å². The van der Waals surface area contributed by atoms with Crippen LogP contribution in [0.2, 0.25) is 0 Å². The molecule has 2 unspecified atom stereocenters. The molecule has 0 N–H and O–H groups in total. The number of aromatic nitrogens is 1. The summed E-state index contributed by atoms with van der Waals surface area (Å²) in [6.07, 6.45) is 7.61. The molecule has 0 bridgehead atoms. The highest BCUT2D eigenvalue weighted by Crippen LogP contribution is 2.56. The molecule has 2 aliphatic carbocycles. The number of carbonyl (C=O) groups excluding carboxylic acids is 1. The van der Waals surface area contributed by atoms with E-state index in [-0.39, 0.29) is 0 Å². The lowest BCUT2D eigenvalue weighted by atomic mass is 10.0. The first-order valence-corrected chi connectivity index (χ1v) is 7.70. The second-order valence-electron chi connectivity index (χ2n) is 6.27. The molecule has 2 atom stereocenters. The SMILES string of the molecule is O=C(Cc1ccnc2ccccc12)C1C2CCCCC21. The highest BCUT2D eigenvalue weighted by atomic mass is 16.1. The van der Waals surface area contributed by atoms with Crippen molar-refractivity contribution >= 4 is 16.7 Å². The summed E-state index contributed by atoms with van der Waals surface area (Å²) in [6.45, 7) is 0. The van der Waals surface area contributed by atoms with Crippen molar-refractivity contribution in [2.75, 3.05) is 0 Å². The number of rotatable bonds is 3. The topological polar surface area (TPSA) is 30.0 Å². The molecule has 2 nitrogen and oxygen atoms in total. The lowest BCUT2D eigenvalue weighted by molar-refractivity contribution is -0.120. The molecule has 0 aliphatic heterocycles. The van der Waals surface area contributed by atoms with Crippen LogP contribution in [0.15, 0.2) is 36.5 Å². The first-order chi connectivity index (χ1) is 9.84. The van der Waals surface area contributed by atoms with Gasteiger partial charge < -0.3 is 0 Å². The second-order valence-corrected chi connectivity index (χ2v) is 6.27. The number of Topliss-reactive ketones (excluding diaryl/α,β-unsaturated/α-hetero) is 1. The van der Waals surface area contributed by atoms with Crippen LogP contribution in [0.4, 0.5) is 0 Å². The Kier molecular flexibility index (Phi) is 2.83. The van der Waals surface area contributed by atoms with Gasteiger partial charge in [-0.1, -0.05) is 31.0 Å². The van der Waals surface area contributed by atoms with Gasteiger partial charge in [-0.15, -0.1) is 0 Å². The van der Waals surface area contributed by atoms with Gasteiger partial charge in [0.2, 0.25) is 0 Å². The third-order valence-electron chi connectivity index (χ3n) is 5.13. The van der Waals surface area contributed by atoms with Crippen LogP contribution in [0.1, 0.15) is 31.2 Å². The van der Waals surface area contributed by atoms with Crippen molar-refractivity contribution in [2.24, 2.45) is 17.8 Å². The molecule has 2 heteroatoms. The summed E-state index contributed by atoms with van der Waals surface area (Å²) < 4.78 is 0. The Morgan fingerprint density at radius 1 is 1.10 bits per heavy atom. The smallest absolute Gasteiger partial charge is 0.140 e. The van der Waals surface area contributed by atoms with E-state index in [2.05, 4.69) is 11.1 Å². The van der Waals surface area contributed by atoms with E-state index in [9.17, 15) is 4.79 Å². The highest BCUT2D eigenvalue weighted by molar-refractivity contribution is 5.91. The summed E-state index contributed by atoms with van der Waals surface area (Å²) in [5, 5.41) is 1.13. The average Bonchev–Trinajstić information content (AvgIpc) is 3.22. The van der Waals surface area contributed by atoms with E-state index in [0.29, 0.717) is 30.0 Å². The number of carbonyl (C=O) groups is 1. The van der Waals surface area contributed by atoms with E-state index in [4.69, 9.17) is 0 Å². The molecule has 20 heavy (non-hydrogen) atoms. The van der Waals surface area contributed by atoms with E-state index < -0.39 is 0 Å². The Hall–Kier alpha value is -1.70. The molecule has 0 saturated heterocycles. The zero-order valence-electron chi connectivity index (χ0n) is 11.6. The van der Waals surface area contributed by atoms with Gasteiger partial charge in [0.15, 0.2) is 0 Å². The second kappa shape index (κ2) is 4.69. The summed E-state index contributed by atoms with van der Waals surface area (Å²) in [6, 6.07) is 10.1. The van der Waals surface area contributed by atoms with Gasteiger partial charge in [-0.25, -0.2) is 0 Å². The van der Waals surface area contributed by atoms with Crippen LogP contribution < -0.4 is 0 Å². The molecular formula is C18H19NO. The van der Waals surface area contributed by atoms with Gasteiger partial charge in [0.1, 0.15) is 5.78 Å². The summed E-state index contributed by atoms with van der Waals surface area (Å²) in [7, 11) is 0. The summed E-state index contributed by atoms with van der Waals surface area (Å²) in [5.41, 5.74) is 2.13. The molecule has 0 amide bonds. The number of pyridine rings is 1. The van der Waals surface area contributed by atoms with Gasteiger partial charge in [-0.2, -0.15) is 0 Å². The van der Waals surface area contributed by atoms with Crippen molar-refractivity contribution in [3.63, 3.8) is 0 Å². The maximum Gasteiger partial charge on any atom is 0.140 e. The van der Waals surface area contributed by atoms with Crippen molar-refractivity contribution < 1.29 is 4.79 Å². The van der Waals surface area contributed by atoms with Crippen LogP contribution in [0.25, 0.3) is 10.9 Å². The average molecular weight is 265 g/mol. The fourth-order valence-electron chi connectivity index (χ4n) is 4.08. The quantitative estimate of drug-likeness (QED) is 0.845. The maximum absolute atomic E-state index is 12.6. The summed E-state index contributed by atoms with van der Waals surface area (Å²) >= 11 is 0. The van der Waals surface area contributed by atoms with E-state index in [1.54, 1.807) is 0 Å². The van der Waals surface area contributed by atoms with E-state index in [0.717, 1.165) is 16.5 Å². The lowest BCUT2D eigenvalue weighted by Gasteiger charge is -2.05. The summed E-state index contributed by atoms with van der Waals surface area (Å²) in [5.74, 6) is 2.25. The largest absolute Gasteiger partial charge is 0.299 e. The highest BCUT2D eigenvalue weighted by Gasteiger charge is 2.53. The van der Waals surface area contributed by atoms with Gasteiger partial charge >= 0.3 is 0 Å². The Balaban J connectivity index is 1.57. The van der Waals surface area contributed by atoms with Crippen LogP contribution in [0.5, 0.6) is 0 Å². The normalized spacial score (nSPS) is 28.1. The monoisotopic (exact) mass is 265 g/mol. The van der Waals surface area contributed by atoms with Gasteiger partial charge in [0.25, 0.3) is 0 Å². The lowest BCUT2D eigenvalue weighted by Crippen LogP contribution is -2.08.